The number of aromatic nitrogens is 2. The molecule has 10 heteroatoms. The van der Waals surface area contributed by atoms with E-state index in [9.17, 15) is 17.6 Å². The van der Waals surface area contributed by atoms with Gasteiger partial charge in [0, 0.05) is 56.5 Å². The monoisotopic (exact) mass is 581 g/mol. The quantitative estimate of drug-likeness (QED) is 0.426. The Morgan fingerprint density at radius 3 is 2.51 bits per heavy atom. The van der Waals surface area contributed by atoms with Crippen LogP contribution in [0.25, 0.3) is 16.6 Å². The number of rotatable bonds is 8. The number of halogens is 1. The smallest absolute Gasteiger partial charge is 0.256 e. The Kier molecular flexibility index (Phi) is 7.45. The fourth-order valence-corrected chi connectivity index (χ4v) is 8.19. The summed E-state index contributed by atoms with van der Waals surface area (Å²) >= 11 is 0. The lowest BCUT2D eigenvalue weighted by atomic mass is 9.80. The average molecular weight is 582 g/mol. The molecule has 0 radical (unpaired) electrons. The minimum atomic E-state index is -3.13. The van der Waals surface area contributed by atoms with E-state index in [1.54, 1.807) is 18.0 Å². The number of hydrogen-bond donors (Lipinski definition) is 1. The average Bonchev–Trinajstić information content (AvgIpc) is 3.57. The largest absolute Gasteiger partial charge is 0.339 e. The first-order valence-corrected chi connectivity index (χ1v) is 16.6. The molecule has 3 aromatic rings. The van der Waals surface area contributed by atoms with Gasteiger partial charge >= 0.3 is 0 Å². The maximum atomic E-state index is 14.4. The Balaban J connectivity index is 1.19. The third kappa shape index (κ3) is 5.66. The van der Waals surface area contributed by atoms with Crippen LogP contribution in [0.2, 0.25) is 0 Å². The Labute approximate surface area is 242 Å². The van der Waals surface area contributed by atoms with Gasteiger partial charge in [-0.1, -0.05) is 0 Å². The van der Waals surface area contributed by atoms with Crippen LogP contribution >= 0.6 is 0 Å². The Bertz CT molecular complexity index is 1550. The number of sulfonamides is 1. The number of likely N-dealkylation sites (tertiary alicyclic amines) is 1. The van der Waals surface area contributed by atoms with Crippen LogP contribution in [0.1, 0.15) is 61.4 Å². The zero-order chi connectivity index (χ0) is 29.1. The minimum Gasteiger partial charge on any atom is -0.339 e. The highest BCUT2D eigenvalue weighted by Crippen LogP contribution is 2.48. The van der Waals surface area contributed by atoms with Crippen molar-refractivity contribution in [2.24, 2.45) is 17.8 Å². The van der Waals surface area contributed by atoms with Crippen LogP contribution in [0, 0.1) is 23.6 Å². The maximum absolute atomic E-state index is 14.4. The van der Waals surface area contributed by atoms with Crippen LogP contribution in [0.5, 0.6) is 0 Å². The number of benzene rings is 1. The molecule has 2 aromatic heterocycles. The Hall–Kier alpha value is -2.82. The number of carbonyl (C=O) groups is 1. The van der Waals surface area contributed by atoms with E-state index in [0.717, 1.165) is 56.2 Å². The molecule has 1 N–H and O–H groups in total. The van der Waals surface area contributed by atoms with Crippen LogP contribution in [-0.2, 0) is 10.0 Å². The van der Waals surface area contributed by atoms with Gasteiger partial charge in [-0.3, -0.25) is 9.78 Å². The van der Waals surface area contributed by atoms with E-state index in [4.69, 9.17) is 0 Å². The van der Waals surface area contributed by atoms with Crippen molar-refractivity contribution in [1.82, 2.24) is 24.1 Å². The molecule has 3 aliphatic rings. The van der Waals surface area contributed by atoms with Crippen LogP contribution in [0.3, 0.4) is 0 Å². The van der Waals surface area contributed by atoms with Gasteiger partial charge in [0.2, 0.25) is 10.0 Å². The van der Waals surface area contributed by atoms with Crippen molar-refractivity contribution in [3.63, 3.8) is 0 Å². The van der Waals surface area contributed by atoms with Gasteiger partial charge in [-0.25, -0.2) is 17.5 Å². The van der Waals surface area contributed by atoms with Gasteiger partial charge < -0.3 is 14.4 Å². The molecule has 220 valence electrons. The van der Waals surface area contributed by atoms with Crippen molar-refractivity contribution in [3.8, 4) is 5.69 Å². The van der Waals surface area contributed by atoms with Crippen molar-refractivity contribution in [2.75, 3.05) is 32.9 Å². The Morgan fingerprint density at radius 1 is 1.15 bits per heavy atom. The topological polar surface area (TPSA) is 87.5 Å². The van der Waals surface area contributed by atoms with E-state index in [1.165, 1.54) is 24.0 Å². The van der Waals surface area contributed by atoms with Crippen molar-refractivity contribution in [1.29, 1.82) is 0 Å². The molecule has 6 rings (SSSR count). The van der Waals surface area contributed by atoms with Gasteiger partial charge in [0.25, 0.3) is 5.91 Å². The predicted molar refractivity (Wildman–Crippen MR) is 158 cm³/mol. The molecular formula is C31H40FN5O3S. The molecule has 8 nitrogen and oxygen atoms in total. The second-order valence-corrected chi connectivity index (χ2v) is 14.6. The zero-order valence-corrected chi connectivity index (χ0v) is 25.1. The number of amides is 1. The standard InChI is InChI=1S/C31H40FN5O3S/c1-19(2)35(3)31(38)27-13-24(32)5-6-29(27)37-18-28(26-7-8-33-14-30(26)37)21-11-22-16-36(17-23(22)12-21)15-20-9-25(10-20)34-41(4,39)40/h5-8,13-14,18-23,25,34H,9-12,15-17H2,1-4H3/t20-,21?,22?,23?,25-. The number of pyridine rings is 1. The molecular weight excluding hydrogens is 541 g/mol. The summed E-state index contributed by atoms with van der Waals surface area (Å²) in [5.74, 6) is 1.64. The molecule has 0 spiro atoms. The summed E-state index contributed by atoms with van der Waals surface area (Å²) in [6.45, 7) is 7.14. The Morgan fingerprint density at radius 2 is 1.85 bits per heavy atom. The molecule has 3 fully saturated rings. The summed E-state index contributed by atoms with van der Waals surface area (Å²) in [7, 11) is -1.38. The highest BCUT2D eigenvalue weighted by Gasteiger charge is 2.43. The molecule has 2 atom stereocenters. The van der Waals surface area contributed by atoms with Crippen molar-refractivity contribution in [2.45, 2.75) is 57.5 Å². The third-order valence-corrected chi connectivity index (χ3v) is 10.3. The maximum Gasteiger partial charge on any atom is 0.256 e. The second kappa shape index (κ2) is 10.8. The molecule has 1 amide bonds. The first-order valence-electron chi connectivity index (χ1n) is 14.7. The molecule has 2 unspecified atom stereocenters. The highest BCUT2D eigenvalue weighted by molar-refractivity contribution is 7.88. The molecule has 0 bridgehead atoms. The molecule has 1 aromatic carbocycles. The van der Waals surface area contributed by atoms with E-state index in [2.05, 4.69) is 26.9 Å². The van der Waals surface area contributed by atoms with Crippen LogP contribution in [-0.4, -0.2) is 78.7 Å². The van der Waals surface area contributed by atoms with Gasteiger partial charge in [0.15, 0.2) is 0 Å². The summed E-state index contributed by atoms with van der Waals surface area (Å²) in [5, 5.41) is 1.14. The van der Waals surface area contributed by atoms with Crippen LogP contribution in [0.15, 0.2) is 42.9 Å². The van der Waals surface area contributed by atoms with Crippen molar-refractivity contribution >= 4 is 26.8 Å². The van der Waals surface area contributed by atoms with Gasteiger partial charge in [0.1, 0.15) is 5.82 Å². The van der Waals surface area contributed by atoms with Crippen molar-refractivity contribution in [3.05, 3.63) is 59.8 Å². The second-order valence-electron chi connectivity index (χ2n) is 12.8. The zero-order valence-electron chi connectivity index (χ0n) is 24.3. The lowest BCUT2D eigenvalue weighted by Crippen LogP contribution is -2.47. The minimum absolute atomic E-state index is 0.00964. The van der Waals surface area contributed by atoms with Gasteiger partial charge in [0.05, 0.1) is 29.2 Å². The summed E-state index contributed by atoms with van der Waals surface area (Å²) in [4.78, 5) is 22.0. The summed E-state index contributed by atoms with van der Waals surface area (Å²) in [6, 6.07) is 6.60. The molecule has 1 saturated heterocycles. The van der Waals surface area contributed by atoms with Crippen LogP contribution in [0.4, 0.5) is 4.39 Å². The first kappa shape index (κ1) is 28.3. The predicted octanol–water partition coefficient (Wildman–Crippen LogP) is 4.40. The van der Waals surface area contributed by atoms with Gasteiger partial charge in [-0.15, -0.1) is 0 Å². The first-order chi connectivity index (χ1) is 19.5. The summed E-state index contributed by atoms with van der Waals surface area (Å²) in [6.07, 6.45) is 11.1. The van der Waals surface area contributed by atoms with Gasteiger partial charge in [-0.2, -0.15) is 0 Å². The molecule has 1 aliphatic heterocycles. The number of carbonyl (C=O) groups excluding carboxylic acids is 1. The van der Waals surface area contributed by atoms with E-state index >= 15 is 0 Å². The van der Waals surface area contributed by atoms with E-state index < -0.39 is 15.8 Å². The number of nitrogens with one attached hydrogen (secondary N) is 1. The van der Waals surface area contributed by atoms with E-state index in [0.29, 0.717) is 34.9 Å². The molecule has 2 saturated carbocycles. The fraction of sp³-hybridized carbons (Fsp3) is 0.548. The summed E-state index contributed by atoms with van der Waals surface area (Å²) in [5.41, 5.74) is 3.22. The molecule has 3 heterocycles. The molecule has 41 heavy (non-hydrogen) atoms. The number of nitrogens with zero attached hydrogens (tertiary/aromatic N) is 4. The van der Waals surface area contributed by atoms with Gasteiger partial charge in [-0.05, 0) is 93.0 Å². The van der Waals surface area contributed by atoms with Crippen LogP contribution < -0.4 is 4.72 Å². The fourth-order valence-electron chi connectivity index (χ4n) is 7.39. The lowest BCUT2D eigenvalue weighted by Gasteiger charge is -2.37. The number of fused-ring (bicyclic) bond motifs is 2. The molecule has 2 aliphatic carbocycles. The van der Waals surface area contributed by atoms with E-state index in [-0.39, 0.29) is 18.0 Å². The number of hydrogen-bond acceptors (Lipinski definition) is 5. The summed E-state index contributed by atoms with van der Waals surface area (Å²) < 4.78 is 42.1. The SMILES string of the molecule is CC(C)N(C)C(=O)c1cc(F)ccc1-n1cc(C2CC3CN(C[C@H]4C[C@H](NS(C)(=O)=O)C4)CC3C2)c2ccncc21. The third-order valence-electron chi connectivity index (χ3n) is 9.58. The normalized spacial score (nSPS) is 26.4. The van der Waals surface area contributed by atoms with Crippen molar-refractivity contribution < 1.29 is 17.6 Å². The lowest BCUT2D eigenvalue weighted by molar-refractivity contribution is 0.0754. The highest BCUT2D eigenvalue weighted by atomic mass is 32.2. The van der Waals surface area contributed by atoms with E-state index in [1.807, 2.05) is 30.8 Å².